The van der Waals surface area contributed by atoms with Crippen LogP contribution in [0.4, 0.5) is 0 Å². The van der Waals surface area contributed by atoms with E-state index in [4.69, 9.17) is 28.9 Å². The van der Waals surface area contributed by atoms with Crippen LogP contribution in [0.1, 0.15) is 17.3 Å². The highest BCUT2D eigenvalue weighted by Gasteiger charge is 2.15. The highest BCUT2D eigenvalue weighted by Crippen LogP contribution is 2.28. The van der Waals surface area contributed by atoms with Gasteiger partial charge >= 0.3 is 0 Å². The largest absolute Gasteiger partial charge is 0.319 e. The molecular weight excluding hydrogens is 293 g/mol. The minimum atomic E-state index is -0.411. The molecule has 2 aromatic heterocycles. The van der Waals surface area contributed by atoms with Crippen LogP contribution >= 0.6 is 23.2 Å². The van der Waals surface area contributed by atoms with Gasteiger partial charge in [-0.25, -0.2) is 0 Å². The fourth-order valence-electron chi connectivity index (χ4n) is 2.09. The van der Waals surface area contributed by atoms with Crippen LogP contribution in [0.5, 0.6) is 0 Å². The van der Waals surface area contributed by atoms with Crippen molar-refractivity contribution in [1.29, 1.82) is 0 Å². The smallest absolute Gasteiger partial charge is 0.0803 e. The molecule has 0 aliphatic carbocycles. The molecule has 0 fully saturated rings. The third-order valence-corrected chi connectivity index (χ3v) is 3.63. The molecule has 3 aromatic rings. The van der Waals surface area contributed by atoms with Gasteiger partial charge in [0.05, 0.1) is 27.3 Å². The zero-order chi connectivity index (χ0) is 14.1. The SMILES string of the molecule is NC(c1ccc2cccnc2c1)c1ncc(Cl)cc1Cl. The summed E-state index contributed by atoms with van der Waals surface area (Å²) in [5, 5.41) is 2.02. The van der Waals surface area contributed by atoms with Gasteiger partial charge in [-0.15, -0.1) is 0 Å². The molecule has 0 aliphatic heterocycles. The quantitative estimate of drug-likeness (QED) is 0.779. The van der Waals surface area contributed by atoms with Gasteiger partial charge in [0.2, 0.25) is 0 Å². The number of nitrogens with zero attached hydrogens (tertiary/aromatic N) is 2. The summed E-state index contributed by atoms with van der Waals surface area (Å²) in [6.45, 7) is 0. The minimum Gasteiger partial charge on any atom is -0.319 e. The Hall–Kier alpha value is -1.68. The van der Waals surface area contributed by atoms with Gasteiger partial charge in [-0.1, -0.05) is 41.4 Å². The van der Waals surface area contributed by atoms with Crippen molar-refractivity contribution in [3.05, 3.63) is 70.1 Å². The Bertz CT molecular complexity index is 774. The van der Waals surface area contributed by atoms with E-state index in [1.165, 1.54) is 0 Å². The maximum atomic E-state index is 6.24. The van der Waals surface area contributed by atoms with Crippen molar-refractivity contribution >= 4 is 34.1 Å². The lowest BCUT2D eigenvalue weighted by Gasteiger charge is -2.13. The number of nitrogens with two attached hydrogens (primary N) is 1. The molecule has 0 radical (unpaired) electrons. The Kier molecular flexibility index (Phi) is 3.57. The van der Waals surface area contributed by atoms with E-state index in [0.29, 0.717) is 15.7 Å². The van der Waals surface area contributed by atoms with Crippen molar-refractivity contribution in [2.45, 2.75) is 6.04 Å². The lowest BCUT2D eigenvalue weighted by molar-refractivity contribution is 0.830. The molecule has 3 nitrogen and oxygen atoms in total. The van der Waals surface area contributed by atoms with E-state index in [0.717, 1.165) is 16.5 Å². The first-order valence-corrected chi connectivity index (χ1v) is 6.82. The van der Waals surface area contributed by atoms with Crippen molar-refractivity contribution in [1.82, 2.24) is 9.97 Å². The molecule has 3 rings (SSSR count). The summed E-state index contributed by atoms with van der Waals surface area (Å²) in [6.07, 6.45) is 3.30. The van der Waals surface area contributed by atoms with Crippen LogP contribution in [0, 0.1) is 0 Å². The average molecular weight is 304 g/mol. The first-order chi connectivity index (χ1) is 9.65. The van der Waals surface area contributed by atoms with E-state index in [-0.39, 0.29) is 0 Å². The number of aromatic nitrogens is 2. The predicted molar refractivity (Wildman–Crippen MR) is 82.0 cm³/mol. The third kappa shape index (κ3) is 2.48. The summed E-state index contributed by atoms with van der Waals surface area (Å²) in [4.78, 5) is 8.55. The molecular formula is C15H11Cl2N3. The van der Waals surface area contributed by atoms with E-state index < -0.39 is 6.04 Å². The van der Waals surface area contributed by atoms with E-state index >= 15 is 0 Å². The molecule has 0 saturated heterocycles. The standard InChI is InChI=1S/C15H11Cl2N3/c16-11-7-12(17)15(20-8-11)14(18)10-4-3-9-2-1-5-19-13(9)6-10/h1-8,14H,18H2. The van der Waals surface area contributed by atoms with Crippen LogP contribution < -0.4 is 5.73 Å². The number of pyridine rings is 2. The molecule has 100 valence electrons. The van der Waals surface area contributed by atoms with Crippen LogP contribution in [0.25, 0.3) is 10.9 Å². The van der Waals surface area contributed by atoms with Crippen molar-refractivity contribution in [2.75, 3.05) is 0 Å². The number of rotatable bonds is 2. The van der Waals surface area contributed by atoms with Crippen LogP contribution in [0.2, 0.25) is 10.0 Å². The zero-order valence-corrected chi connectivity index (χ0v) is 11.9. The van der Waals surface area contributed by atoms with Crippen LogP contribution in [-0.4, -0.2) is 9.97 Å². The number of hydrogen-bond donors (Lipinski definition) is 1. The zero-order valence-electron chi connectivity index (χ0n) is 10.4. The second-order valence-electron chi connectivity index (χ2n) is 4.45. The van der Waals surface area contributed by atoms with Gasteiger partial charge in [-0.05, 0) is 23.8 Å². The summed E-state index contributed by atoms with van der Waals surface area (Å²) in [7, 11) is 0. The number of fused-ring (bicyclic) bond motifs is 1. The van der Waals surface area contributed by atoms with E-state index in [1.807, 2.05) is 30.3 Å². The number of halogens is 2. The normalized spacial score (nSPS) is 12.6. The Balaban J connectivity index is 2.05. The first kappa shape index (κ1) is 13.3. The van der Waals surface area contributed by atoms with E-state index in [1.54, 1.807) is 18.5 Å². The van der Waals surface area contributed by atoms with E-state index in [9.17, 15) is 0 Å². The summed E-state index contributed by atoms with van der Waals surface area (Å²) in [6, 6.07) is 11.0. The lowest BCUT2D eigenvalue weighted by atomic mass is 10.0. The Morgan fingerprint density at radius 2 is 1.90 bits per heavy atom. The molecule has 0 spiro atoms. The highest BCUT2D eigenvalue weighted by atomic mass is 35.5. The van der Waals surface area contributed by atoms with Crippen molar-refractivity contribution in [3.8, 4) is 0 Å². The monoisotopic (exact) mass is 303 g/mol. The first-order valence-electron chi connectivity index (χ1n) is 6.06. The van der Waals surface area contributed by atoms with Crippen LogP contribution in [0.15, 0.2) is 48.8 Å². The second-order valence-corrected chi connectivity index (χ2v) is 5.30. The average Bonchev–Trinajstić information content (AvgIpc) is 2.46. The number of hydrogen-bond acceptors (Lipinski definition) is 3. The van der Waals surface area contributed by atoms with Gasteiger partial charge in [-0.3, -0.25) is 9.97 Å². The van der Waals surface area contributed by atoms with Gasteiger partial charge in [0.15, 0.2) is 0 Å². The second kappa shape index (κ2) is 5.37. The molecule has 2 heterocycles. The van der Waals surface area contributed by atoms with Gasteiger partial charge < -0.3 is 5.73 Å². The Morgan fingerprint density at radius 3 is 2.70 bits per heavy atom. The third-order valence-electron chi connectivity index (χ3n) is 3.12. The topological polar surface area (TPSA) is 51.8 Å². The fourth-order valence-corrected chi connectivity index (χ4v) is 2.59. The molecule has 5 heteroatoms. The minimum absolute atomic E-state index is 0.411. The summed E-state index contributed by atoms with van der Waals surface area (Å²) in [5.74, 6) is 0. The molecule has 1 unspecified atom stereocenters. The molecule has 0 bridgehead atoms. The Labute approximate surface area is 126 Å². The van der Waals surface area contributed by atoms with Gasteiger partial charge in [0.1, 0.15) is 0 Å². The molecule has 0 aliphatic rings. The lowest BCUT2D eigenvalue weighted by Crippen LogP contribution is -2.14. The molecule has 0 saturated carbocycles. The molecule has 20 heavy (non-hydrogen) atoms. The predicted octanol–water partition coefficient (Wildman–Crippen LogP) is 3.98. The molecule has 0 amide bonds. The number of benzene rings is 1. The van der Waals surface area contributed by atoms with Gasteiger partial charge in [0, 0.05) is 17.8 Å². The van der Waals surface area contributed by atoms with Crippen molar-refractivity contribution < 1.29 is 0 Å². The Morgan fingerprint density at radius 1 is 1.05 bits per heavy atom. The van der Waals surface area contributed by atoms with Gasteiger partial charge in [0.25, 0.3) is 0 Å². The van der Waals surface area contributed by atoms with E-state index in [2.05, 4.69) is 9.97 Å². The van der Waals surface area contributed by atoms with Crippen molar-refractivity contribution in [2.24, 2.45) is 5.73 Å². The fraction of sp³-hybridized carbons (Fsp3) is 0.0667. The highest BCUT2D eigenvalue weighted by molar-refractivity contribution is 6.34. The summed E-state index contributed by atoms with van der Waals surface area (Å²) < 4.78 is 0. The maximum Gasteiger partial charge on any atom is 0.0803 e. The molecule has 1 atom stereocenters. The van der Waals surface area contributed by atoms with Gasteiger partial charge in [-0.2, -0.15) is 0 Å². The van der Waals surface area contributed by atoms with Crippen LogP contribution in [-0.2, 0) is 0 Å². The maximum absolute atomic E-state index is 6.24. The molecule has 2 N–H and O–H groups in total. The molecule has 1 aromatic carbocycles. The van der Waals surface area contributed by atoms with Crippen molar-refractivity contribution in [3.63, 3.8) is 0 Å². The van der Waals surface area contributed by atoms with Crippen LogP contribution in [0.3, 0.4) is 0 Å². The summed E-state index contributed by atoms with van der Waals surface area (Å²) in [5.41, 5.74) is 8.65. The summed E-state index contributed by atoms with van der Waals surface area (Å²) >= 11 is 12.0.